The van der Waals surface area contributed by atoms with Crippen molar-refractivity contribution in [3.05, 3.63) is 66.1 Å². The molecule has 1 atom stereocenters. The summed E-state index contributed by atoms with van der Waals surface area (Å²) >= 11 is 0. The number of β-amino-alcohol motifs (C(OH)–C–C–N with tert-alkyl or cyclic N) is 1. The number of nitrogens with zero attached hydrogens (tertiary/aromatic N) is 3. The van der Waals surface area contributed by atoms with E-state index in [1.165, 1.54) is 0 Å². The molecule has 0 radical (unpaired) electrons. The van der Waals surface area contributed by atoms with E-state index in [1.807, 2.05) is 48.9 Å². The van der Waals surface area contributed by atoms with Crippen molar-refractivity contribution >= 4 is 23.0 Å². The van der Waals surface area contributed by atoms with Crippen molar-refractivity contribution in [1.29, 1.82) is 0 Å². The third-order valence-corrected chi connectivity index (χ3v) is 4.75. The Hall–Kier alpha value is -3.07. The predicted octanol–water partition coefficient (Wildman–Crippen LogP) is 1.52. The Kier molecular flexibility index (Phi) is 6.94. The zero-order valence-electron chi connectivity index (χ0n) is 17.1. The van der Waals surface area contributed by atoms with Gasteiger partial charge in [0, 0.05) is 59.2 Å². The molecule has 8 nitrogen and oxygen atoms in total. The van der Waals surface area contributed by atoms with Gasteiger partial charge in [-0.2, -0.15) is 5.10 Å². The van der Waals surface area contributed by atoms with E-state index in [-0.39, 0.29) is 12.5 Å². The number of hydrogen-bond acceptors (Lipinski definition) is 6. The van der Waals surface area contributed by atoms with Gasteiger partial charge in [0.05, 0.1) is 18.9 Å². The number of carbonyl (C=O) groups is 1. The van der Waals surface area contributed by atoms with Gasteiger partial charge in [-0.25, -0.2) is 5.43 Å². The van der Waals surface area contributed by atoms with Gasteiger partial charge in [0.2, 0.25) is 0 Å². The molecule has 3 aromatic rings. The zero-order valence-corrected chi connectivity index (χ0v) is 17.1. The van der Waals surface area contributed by atoms with Crippen LogP contribution in [0.2, 0.25) is 0 Å². The Bertz CT molecular complexity index is 1010. The maximum absolute atomic E-state index is 12.1. The average molecular weight is 409 g/mol. The first-order chi connectivity index (χ1) is 14.4. The van der Waals surface area contributed by atoms with E-state index in [4.69, 9.17) is 0 Å². The minimum Gasteiger partial charge on any atom is -0.394 e. The van der Waals surface area contributed by atoms with Gasteiger partial charge in [-0.05, 0) is 32.0 Å². The Morgan fingerprint density at radius 1 is 1.27 bits per heavy atom. The minimum absolute atomic E-state index is 0.0159. The second-order valence-corrected chi connectivity index (χ2v) is 7.77. The third-order valence-electron chi connectivity index (χ3n) is 4.75. The average Bonchev–Trinajstić information content (AvgIpc) is 3.10. The molecule has 0 aliphatic carbocycles. The topological polar surface area (TPSA) is 112 Å². The lowest BCUT2D eigenvalue weighted by molar-refractivity contribution is 0.0955. The number of hydrazone groups is 1. The lowest BCUT2D eigenvalue weighted by Crippen LogP contribution is -2.46. The number of aliphatic hydroxyl groups is 2. The Morgan fingerprint density at radius 3 is 2.73 bits per heavy atom. The summed E-state index contributed by atoms with van der Waals surface area (Å²) in [6, 6.07) is 11.0. The van der Waals surface area contributed by atoms with Crippen LogP contribution in [0.3, 0.4) is 0 Å². The van der Waals surface area contributed by atoms with E-state index < -0.39 is 11.6 Å². The molecule has 2 aromatic heterocycles. The van der Waals surface area contributed by atoms with Crippen LogP contribution in [0.1, 0.15) is 29.8 Å². The fourth-order valence-electron chi connectivity index (χ4n) is 3.00. The molecule has 158 valence electrons. The fourth-order valence-corrected chi connectivity index (χ4v) is 3.00. The number of hydrogen-bond donors (Lipinski definition) is 4. The maximum Gasteiger partial charge on any atom is 0.271 e. The molecule has 0 unspecified atom stereocenters. The molecule has 0 saturated heterocycles. The lowest BCUT2D eigenvalue weighted by Gasteiger charge is -2.25. The summed E-state index contributed by atoms with van der Waals surface area (Å²) in [4.78, 5) is 16.0. The molecule has 0 fully saturated rings. The summed E-state index contributed by atoms with van der Waals surface area (Å²) in [5.74, 6) is -0.314. The van der Waals surface area contributed by atoms with Gasteiger partial charge < -0.3 is 20.1 Å². The van der Waals surface area contributed by atoms with Crippen LogP contribution in [-0.2, 0) is 6.54 Å². The van der Waals surface area contributed by atoms with Gasteiger partial charge in [0.25, 0.3) is 5.91 Å². The summed E-state index contributed by atoms with van der Waals surface area (Å²) in [5.41, 5.74) is 4.33. The molecule has 1 aromatic carbocycles. The van der Waals surface area contributed by atoms with Crippen LogP contribution < -0.4 is 10.7 Å². The molecule has 3 rings (SSSR count). The second kappa shape index (κ2) is 9.62. The van der Waals surface area contributed by atoms with Crippen molar-refractivity contribution in [3.63, 3.8) is 0 Å². The molecule has 0 aliphatic rings. The van der Waals surface area contributed by atoms with Crippen molar-refractivity contribution < 1.29 is 15.0 Å². The van der Waals surface area contributed by atoms with E-state index in [2.05, 4.69) is 20.8 Å². The highest BCUT2D eigenvalue weighted by molar-refractivity contribution is 6.00. The molecule has 0 saturated carbocycles. The van der Waals surface area contributed by atoms with Crippen LogP contribution in [0.15, 0.2) is 60.1 Å². The summed E-state index contributed by atoms with van der Waals surface area (Å²) in [6.45, 7) is 4.47. The van der Waals surface area contributed by atoms with Crippen molar-refractivity contribution in [3.8, 4) is 0 Å². The molecule has 8 heteroatoms. The quantitative estimate of drug-likeness (QED) is 0.316. The van der Waals surface area contributed by atoms with E-state index >= 15 is 0 Å². The van der Waals surface area contributed by atoms with Gasteiger partial charge >= 0.3 is 0 Å². The van der Waals surface area contributed by atoms with Gasteiger partial charge in [-0.15, -0.1) is 0 Å². The monoisotopic (exact) mass is 409 g/mol. The Balaban J connectivity index is 1.71. The normalized spacial score (nSPS) is 13.1. The molecule has 4 N–H and O–H groups in total. The second-order valence-electron chi connectivity index (χ2n) is 7.77. The summed E-state index contributed by atoms with van der Waals surface area (Å²) in [6.07, 6.45) is 5.95. The van der Waals surface area contributed by atoms with Gasteiger partial charge in [0.1, 0.15) is 0 Å². The highest BCUT2D eigenvalue weighted by Crippen LogP contribution is 2.20. The fraction of sp³-hybridized carbons (Fsp3) is 0.318. The Morgan fingerprint density at radius 2 is 2.00 bits per heavy atom. The van der Waals surface area contributed by atoms with Crippen molar-refractivity contribution in [1.82, 2.24) is 20.3 Å². The number of fused-ring (bicyclic) bond motifs is 1. The summed E-state index contributed by atoms with van der Waals surface area (Å²) < 4.78 is 1.96. The lowest BCUT2D eigenvalue weighted by atomic mass is 10.1. The molecular weight excluding hydrogens is 382 g/mol. The molecular formula is C22H27N5O3. The minimum atomic E-state index is -0.636. The predicted molar refractivity (Wildman–Crippen MR) is 116 cm³/mol. The highest BCUT2D eigenvalue weighted by atomic mass is 16.3. The van der Waals surface area contributed by atoms with Crippen LogP contribution in [0.5, 0.6) is 0 Å². The Labute approximate surface area is 175 Å². The molecule has 1 amide bonds. The standard InChI is InChI=1S/C22H27N5O3/c1-22(2,15-28)24-12-18(29)14-27-13-17(19-5-3-4-6-20(19)27)11-25-26-21(30)16-7-9-23-10-8-16/h3-11,13,18,24,28-29H,12,14-15H2,1-2H3,(H,26,30)/b25-11-/t18-/m1/s1. The first-order valence-electron chi connectivity index (χ1n) is 9.75. The van der Waals surface area contributed by atoms with Crippen molar-refractivity contribution in [2.45, 2.75) is 32.0 Å². The number of para-hydroxylation sites is 1. The van der Waals surface area contributed by atoms with E-state index in [0.717, 1.165) is 16.5 Å². The van der Waals surface area contributed by atoms with Gasteiger partial charge in [0.15, 0.2) is 0 Å². The van der Waals surface area contributed by atoms with Crippen molar-refractivity contribution in [2.75, 3.05) is 13.2 Å². The number of amides is 1. The van der Waals surface area contributed by atoms with E-state index in [1.54, 1.807) is 30.7 Å². The number of aromatic nitrogens is 2. The van der Waals surface area contributed by atoms with Crippen LogP contribution in [0, 0.1) is 0 Å². The SMILES string of the molecule is CC(C)(CO)NC[C@@H](O)Cn1cc(/C=N\NC(=O)c2ccncc2)c2ccccc21. The van der Waals surface area contributed by atoms with Crippen molar-refractivity contribution in [2.24, 2.45) is 5.10 Å². The first kappa shape index (κ1) is 21.6. The zero-order chi connectivity index (χ0) is 21.6. The van der Waals surface area contributed by atoms with Crippen LogP contribution in [0.25, 0.3) is 10.9 Å². The highest BCUT2D eigenvalue weighted by Gasteiger charge is 2.18. The van der Waals surface area contributed by atoms with Gasteiger partial charge in [-0.3, -0.25) is 9.78 Å². The molecule has 0 bridgehead atoms. The number of carbonyl (C=O) groups excluding carboxylic acids is 1. The van der Waals surface area contributed by atoms with Crippen LogP contribution in [-0.4, -0.2) is 56.7 Å². The largest absolute Gasteiger partial charge is 0.394 e. The number of rotatable bonds is 9. The third kappa shape index (κ3) is 5.50. The van der Waals surface area contributed by atoms with Crippen LogP contribution >= 0.6 is 0 Å². The summed E-state index contributed by atoms with van der Waals surface area (Å²) in [5, 5.41) is 28.0. The number of nitrogens with one attached hydrogen (secondary N) is 2. The van der Waals surface area contributed by atoms with Gasteiger partial charge in [-0.1, -0.05) is 18.2 Å². The van der Waals surface area contributed by atoms with Crippen LogP contribution in [0.4, 0.5) is 0 Å². The molecule has 0 spiro atoms. The summed E-state index contributed by atoms with van der Waals surface area (Å²) in [7, 11) is 0. The number of aliphatic hydroxyl groups excluding tert-OH is 2. The maximum atomic E-state index is 12.1. The van der Waals surface area contributed by atoms with E-state index in [0.29, 0.717) is 18.7 Å². The molecule has 30 heavy (non-hydrogen) atoms. The van der Waals surface area contributed by atoms with E-state index in [9.17, 15) is 15.0 Å². The number of benzene rings is 1. The number of pyridine rings is 1. The smallest absolute Gasteiger partial charge is 0.271 e. The molecule has 2 heterocycles. The molecule has 0 aliphatic heterocycles. The first-order valence-corrected chi connectivity index (χ1v) is 9.75.